The standard InChI is InChI=1S/C20H19F5/c1-2-3-4-13-5-7-14(8-6-13)16-11-15-9-10-19(22,23)20(24,25)18(15)17(21)12-16/h5-8,11-12H,2-4,9-10H2,1H3. The van der Waals surface area contributed by atoms with Gasteiger partial charge in [0.25, 0.3) is 0 Å². The van der Waals surface area contributed by atoms with E-state index in [0.29, 0.717) is 11.1 Å². The van der Waals surface area contributed by atoms with Crippen LogP contribution in [0.5, 0.6) is 0 Å². The highest BCUT2D eigenvalue weighted by Crippen LogP contribution is 2.51. The number of hydrogen-bond acceptors (Lipinski definition) is 0. The Hall–Kier alpha value is -1.91. The molecule has 2 aromatic carbocycles. The van der Waals surface area contributed by atoms with E-state index in [4.69, 9.17) is 0 Å². The average Bonchev–Trinajstić information content (AvgIpc) is 2.56. The van der Waals surface area contributed by atoms with Crippen molar-refractivity contribution in [1.82, 2.24) is 0 Å². The van der Waals surface area contributed by atoms with Gasteiger partial charge in [0.2, 0.25) is 0 Å². The third kappa shape index (κ3) is 3.16. The molecule has 134 valence electrons. The molecule has 0 nitrogen and oxygen atoms in total. The van der Waals surface area contributed by atoms with Crippen molar-refractivity contribution in [2.75, 3.05) is 0 Å². The molecule has 2 aromatic rings. The molecule has 0 amide bonds. The number of fused-ring (bicyclic) bond motifs is 1. The molecule has 25 heavy (non-hydrogen) atoms. The van der Waals surface area contributed by atoms with Crippen LogP contribution < -0.4 is 0 Å². The van der Waals surface area contributed by atoms with Gasteiger partial charge in [-0.1, -0.05) is 43.7 Å². The van der Waals surface area contributed by atoms with E-state index in [1.807, 2.05) is 24.3 Å². The fourth-order valence-corrected chi connectivity index (χ4v) is 3.26. The molecule has 0 aliphatic heterocycles. The summed E-state index contributed by atoms with van der Waals surface area (Å²) >= 11 is 0. The Morgan fingerprint density at radius 1 is 0.960 bits per heavy atom. The molecule has 3 rings (SSSR count). The van der Waals surface area contributed by atoms with E-state index in [2.05, 4.69) is 6.92 Å². The van der Waals surface area contributed by atoms with Crippen LogP contribution >= 0.6 is 0 Å². The Balaban J connectivity index is 1.97. The van der Waals surface area contributed by atoms with Crippen LogP contribution in [0.3, 0.4) is 0 Å². The van der Waals surface area contributed by atoms with Gasteiger partial charge in [-0.2, -0.15) is 17.6 Å². The molecule has 0 aromatic heterocycles. The minimum Gasteiger partial charge on any atom is -0.206 e. The molecular weight excluding hydrogens is 335 g/mol. The summed E-state index contributed by atoms with van der Waals surface area (Å²) in [6.45, 7) is 2.10. The lowest BCUT2D eigenvalue weighted by Crippen LogP contribution is -2.43. The molecule has 1 aliphatic carbocycles. The van der Waals surface area contributed by atoms with Crippen molar-refractivity contribution in [2.45, 2.75) is 50.9 Å². The van der Waals surface area contributed by atoms with Crippen molar-refractivity contribution < 1.29 is 22.0 Å². The van der Waals surface area contributed by atoms with E-state index in [9.17, 15) is 22.0 Å². The molecule has 5 heteroatoms. The van der Waals surface area contributed by atoms with Crippen LogP contribution in [0.1, 0.15) is 42.9 Å². The Morgan fingerprint density at radius 3 is 2.28 bits per heavy atom. The Morgan fingerprint density at radius 2 is 1.64 bits per heavy atom. The maximum atomic E-state index is 14.3. The largest absolute Gasteiger partial charge is 0.338 e. The maximum absolute atomic E-state index is 14.3. The van der Waals surface area contributed by atoms with E-state index in [1.165, 1.54) is 6.07 Å². The molecule has 0 bridgehead atoms. The quantitative estimate of drug-likeness (QED) is 0.549. The van der Waals surface area contributed by atoms with E-state index < -0.39 is 29.6 Å². The van der Waals surface area contributed by atoms with E-state index in [1.54, 1.807) is 0 Å². The Bertz CT molecular complexity index is 762. The first-order chi connectivity index (χ1) is 11.8. The van der Waals surface area contributed by atoms with Crippen LogP contribution in [0.15, 0.2) is 36.4 Å². The van der Waals surface area contributed by atoms with Gasteiger partial charge in [0.05, 0.1) is 5.56 Å². The lowest BCUT2D eigenvalue weighted by atomic mass is 9.83. The van der Waals surface area contributed by atoms with E-state index in [-0.39, 0.29) is 12.0 Å². The first kappa shape index (κ1) is 17.9. The molecule has 0 N–H and O–H groups in total. The van der Waals surface area contributed by atoms with Crippen LogP contribution in [-0.2, 0) is 18.8 Å². The van der Waals surface area contributed by atoms with Gasteiger partial charge < -0.3 is 0 Å². The van der Waals surface area contributed by atoms with Crippen LogP contribution in [0.25, 0.3) is 11.1 Å². The minimum atomic E-state index is -4.48. The van der Waals surface area contributed by atoms with Crippen LogP contribution in [0.4, 0.5) is 22.0 Å². The minimum absolute atomic E-state index is 0.0408. The van der Waals surface area contributed by atoms with Gasteiger partial charge in [-0.15, -0.1) is 0 Å². The van der Waals surface area contributed by atoms with E-state index in [0.717, 1.165) is 30.9 Å². The molecule has 0 saturated carbocycles. The monoisotopic (exact) mass is 354 g/mol. The van der Waals surface area contributed by atoms with Gasteiger partial charge in [0.1, 0.15) is 5.82 Å². The summed E-state index contributed by atoms with van der Waals surface area (Å²) < 4.78 is 69.2. The number of hydrogen-bond donors (Lipinski definition) is 0. The number of halogens is 5. The van der Waals surface area contributed by atoms with Gasteiger partial charge in [-0.25, -0.2) is 4.39 Å². The summed E-state index contributed by atoms with van der Waals surface area (Å²) in [5, 5.41) is 0. The number of alkyl halides is 4. The topological polar surface area (TPSA) is 0 Å². The molecule has 0 unspecified atom stereocenters. The molecule has 0 heterocycles. The summed E-state index contributed by atoms with van der Waals surface area (Å²) in [5.41, 5.74) is 1.06. The number of aryl methyl sites for hydroxylation is 2. The summed E-state index contributed by atoms with van der Waals surface area (Å²) in [5.74, 6) is -9.97. The highest BCUT2D eigenvalue weighted by molar-refractivity contribution is 5.66. The van der Waals surface area contributed by atoms with Crippen LogP contribution in [0.2, 0.25) is 0 Å². The normalized spacial score (nSPS) is 18.0. The predicted molar refractivity (Wildman–Crippen MR) is 87.6 cm³/mol. The van der Waals surface area contributed by atoms with Crippen molar-refractivity contribution in [1.29, 1.82) is 0 Å². The van der Waals surface area contributed by atoms with Crippen molar-refractivity contribution >= 4 is 0 Å². The summed E-state index contributed by atoms with van der Waals surface area (Å²) in [7, 11) is 0. The first-order valence-corrected chi connectivity index (χ1v) is 8.44. The molecule has 0 radical (unpaired) electrons. The fraction of sp³-hybridized carbons (Fsp3) is 0.400. The number of unbranched alkanes of at least 4 members (excludes halogenated alkanes) is 1. The zero-order chi connectivity index (χ0) is 18.2. The second kappa shape index (κ2) is 6.43. The lowest BCUT2D eigenvalue weighted by Gasteiger charge is -2.33. The summed E-state index contributed by atoms with van der Waals surface area (Å²) in [6, 6.07) is 9.79. The van der Waals surface area contributed by atoms with Gasteiger partial charge in [-0.3, -0.25) is 0 Å². The molecular formula is C20H19F5. The second-order valence-electron chi connectivity index (χ2n) is 6.57. The zero-order valence-electron chi connectivity index (χ0n) is 13.9. The maximum Gasteiger partial charge on any atom is 0.338 e. The first-order valence-electron chi connectivity index (χ1n) is 8.44. The summed E-state index contributed by atoms with van der Waals surface area (Å²) in [6.07, 6.45) is 1.84. The molecule has 1 aliphatic rings. The SMILES string of the molecule is CCCCc1ccc(-c2cc(F)c3c(c2)CCC(F)(F)C3(F)F)cc1. The van der Waals surface area contributed by atoms with Gasteiger partial charge in [0.15, 0.2) is 0 Å². The van der Waals surface area contributed by atoms with E-state index >= 15 is 0 Å². The van der Waals surface area contributed by atoms with Crippen LogP contribution in [0, 0.1) is 5.82 Å². The van der Waals surface area contributed by atoms with Crippen molar-refractivity contribution in [3.05, 3.63) is 58.9 Å². The van der Waals surface area contributed by atoms with Gasteiger partial charge in [0, 0.05) is 6.42 Å². The predicted octanol–water partition coefficient (Wildman–Crippen LogP) is 6.51. The smallest absolute Gasteiger partial charge is 0.206 e. The van der Waals surface area contributed by atoms with Gasteiger partial charge >= 0.3 is 11.8 Å². The summed E-state index contributed by atoms with van der Waals surface area (Å²) in [4.78, 5) is 0. The third-order valence-electron chi connectivity index (χ3n) is 4.76. The van der Waals surface area contributed by atoms with Crippen LogP contribution in [-0.4, -0.2) is 5.92 Å². The molecule has 0 atom stereocenters. The highest BCUT2D eigenvalue weighted by atomic mass is 19.3. The molecule has 0 fully saturated rings. The Kier molecular flexibility index (Phi) is 4.60. The fourth-order valence-electron chi connectivity index (χ4n) is 3.26. The molecule has 0 saturated heterocycles. The molecule has 0 spiro atoms. The number of benzene rings is 2. The second-order valence-corrected chi connectivity index (χ2v) is 6.57. The van der Waals surface area contributed by atoms with Crippen molar-refractivity contribution in [3.8, 4) is 11.1 Å². The van der Waals surface area contributed by atoms with Gasteiger partial charge in [-0.05, 0) is 47.6 Å². The Labute approximate surface area is 143 Å². The third-order valence-corrected chi connectivity index (χ3v) is 4.76. The lowest BCUT2D eigenvalue weighted by molar-refractivity contribution is -0.226. The average molecular weight is 354 g/mol. The zero-order valence-corrected chi connectivity index (χ0v) is 13.9. The van der Waals surface area contributed by atoms with Crippen molar-refractivity contribution in [3.63, 3.8) is 0 Å². The van der Waals surface area contributed by atoms with Crippen molar-refractivity contribution in [2.24, 2.45) is 0 Å². The highest BCUT2D eigenvalue weighted by Gasteiger charge is 2.61. The number of rotatable bonds is 4.